The van der Waals surface area contributed by atoms with Crippen molar-refractivity contribution in [1.29, 1.82) is 0 Å². The van der Waals surface area contributed by atoms with E-state index < -0.39 is 8.32 Å². The minimum absolute atomic E-state index is 0.0673. The smallest absolute Gasteiger partial charge is 0.262 e. The van der Waals surface area contributed by atoms with Crippen molar-refractivity contribution in [2.75, 3.05) is 6.61 Å². The Labute approximate surface area is 234 Å². The Balaban J connectivity index is 1.78. The average Bonchev–Trinajstić information content (AvgIpc) is 3.12. The van der Waals surface area contributed by atoms with Gasteiger partial charge in [-0.1, -0.05) is 129 Å². The second kappa shape index (κ2) is 16.4. The van der Waals surface area contributed by atoms with E-state index in [1.54, 1.807) is 12.1 Å². The van der Waals surface area contributed by atoms with E-state index >= 15 is 0 Å². The second-order valence-corrected chi connectivity index (χ2v) is 17.4. The lowest BCUT2D eigenvalue weighted by Gasteiger charge is -2.38. The summed E-state index contributed by atoms with van der Waals surface area (Å²) < 4.78 is 6.48. The molecule has 0 spiro atoms. The number of hydrogen-bond acceptors (Lipinski definition) is 3. The van der Waals surface area contributed by atoms with Gasteiger partial charge in [-0.15, -0.1) is 0 Å². The molecule has 5 heteroatoms. The summed E-state index contributed by atoms with van der Waals surface area (Å²) in [6, 6.07) is 6.76. The van der Waals surface area contributed by atoms with Crippen molar-refractivity contribution in [3.63, 3.8) is 0 Å². The van der Waals surface area contributed by atoms with Gasteiger partial charge in [0.1, 0.15) is 0 Å². The molecule has 1 aliphatic heterocycles. The lowest BCUT2D eigenvalue weighted by molar-refractivity contribution is 0.0569. The van der Waals surface area contributed by atoms with E-state index in [0.29, 0.717) is 17.7 Å². The van der Waals surface area contributed by atoms with Gasteiger partial charge >= 0.3 is 0 Å². The number of allylic oxidation sites excluding steroid dienone is 1. The van der Waals surface area contributed by atoms with Gasteiger partial charge in [-0.2, -0.15) is 0 Å². The summed E-state index contributed by atoms with van der Waals surface area (Å²) in [5.41, 5.74) is 0.999. The minimum atomic E-state index is -2.02. The number of amides is 2. The van der Waals surface area contributed by atoms with Gasteiger partial charge in [0.05, 0.1) is 23.8 Å². The number of fused-ring (bicyclic) bond motifs is 1. The van der Waals surface area contributed by atoms with Crippen LogP contribution in [0.1, 0.15) is 138 Å². The molecule has 0 unspecified atom stereocenters. The summed E-state index contributed by atoms with van der Waals surface area (Å²) in [5.74, 6) is -0.417. The highest BCUT2D eigenvalue weighted by Gasteiger charge is 2.42. The Bertz CT molecular complexity index is 851. The van der Waals surface area contributed by atoms with Crippen LogP contribution in [0.15, 0.2) is 36.4 Å². The molecule has 38 heavy (non-hydrogen) atoms. The quantitative estimate of drug-likeness (QED) is 0.0758. The summed E-state index contributed by atoms with van der Waals surface area (Å²) in [6.07, 6.45) is 22.7. The van der Waals surface area contributed by atoms with Crippen LogP contribution in [0.4, 0.5) is 0 Å². The number of hydrogen-bond donors (Lipinski definition) is 0. The Morgan fingerprint density at radius 1 is 0.789 bits per heavy atom. The van der Waals surface area contributed by atoms with Gasteiger partial charge in [0.15, 0.2) is 8.32 Å². The van der Waals surface area contributed by atoms with Crippen LogP contribution in [0.3, 0.4) is 0 Å². The van der Waals surface area contributed by atoms with Crippen molar-refractivity contribution in [2.45, 2.75) is 142 Å². The third kappa shape index (κ3) is 10.1. The van der Waals surface area contributed by atoms with Gasteiger partial charge in [0.2, 0.25) is 0 Å². The maximum Gasteiger partial charge on any atom is 0.262 e. The van der Waals surface area contributed by atoms with E-state index in [1.807, 2.05) is 18.2 Å². The largest absolute Gasteiger partial charge is 0.414 e. The lowest BCUT2D eigenvalue weighted by atomic mass is 10.0. The summed E-state index contributed by atoms with van der Waals surface area (Å²) in [4.78, 5) is 27.7. The van der Waals surface area contributed by atoms with E-state index in [4.69, 9.17) is 4.43 Å². The standard InChI is InChI=1S/C33H55NO3Si/c1-7-8-9-10-11-12-13-14-15-16-17-18-19-20-21-24-28(27-37-38(5,6)33(2,3)4)34-31(35)29-25-22-23-26-30(29)32(34)36/h21-26,28H,7-20,27H2,1-6H3/b24-21-/t28-/m1/s1. The summed E-state index contributed by atoms with van der Waals surface area (Å²) in [5, 5.41) is 0.0673. The molecule has 1 aromatic carbocycles. The van der Waals surface area contributed by atoms with Gasteiger partial charge in [0, 0.05) is 0 Å². The number of unbranched alkanes of at least 4 members (excludes halogenated alkanes) is 13. The first-order chi connectivity index (χ1) is 18.1. The van der Waals surface area contributed by atoms with E-state index in [2.05, 4.69) is 46.9 Å². The van der Waals surface area contributed by atoms with Gasteiger partial charge in [-0.3, -0.25) is 14.5 Å². The molecular formula is C33H55NO3Si. The molecule has 0 N–H and O–H groups in total. The van der Waals surface area contributed by atoms with Crippen molar-refractivity contribution >= 4 is 20.1 Å². The normalized spacial score (nSPS) is 15.1. The highest BCUT2D eigenvalue weighted by atomic mass is 28.4. The van der Waals surface area contributed by atoms with Crippen molar-refractivity contribution in [3.8, 4) is 0 Å². The number of carbonyl (C=O) groups excluding carboxylic acids is 2. The van der Waals surface area contributed by atoms with Crippen LogP contribution in [0.2, 0.25) is 18.1 Å². The zero-order chi connectivity index (χ0) is 28.0. The second-order valence-electron chi connectivity index (χ2n) is 12.6. The fourth-order valence-electron chi connectivity index (χ4n) is 4.77. The first kappa shape index (κ1) is 32.5. The third-order valence-electron chi connectivity index (χ3n) is 8.41. The molecule has 0 saturated carbocycles. The molecule has 2 amide bonds. The van der Waals surface area contributed by atoms with Crippen molar-refractivity contribution < 1.29 is 14.0 Å². The molecule has 0 aliphatic carbocycles. The van der Waals surface area contributed by atoms with Gasteiger partial charge in [0.25, 0.3) is 11.8 Å². The van der Waals surface area contributed by atoms with Crippen LogP contribution >= 0.6 is 0 Å². The van der Waals surface area contributed by atoms with E-state index in [0.717, 1.165) is 12.8 Å². The Hall–Kier alpha value is -1.72. The van der Waals surface area contributed by atoms with Crippen molar-refractivity contribution in [3.05, 3.63) is 47.5 Å². The molecule has 0 aromatic heterocycles. The van der Waals surface area contributed by atoms with Crippen molar-refractivity contribution in [1.82, 2.24) is 4.90 Å². The van der Waals surface area contributed by atoms with Crippen LogP contribution in [0, 0.1) is 0 Å². The Kier molecular flexibility index (Phi) is 14.0. The molecule has 1 aliphatic rings. The van der Waals surface area contributed by atoms with Crippen LogP contribution in [0.25, 0.3) is 0 Å². The number of benzene rings is 1. The van der Waals surface area contributed by atoms with Gasteiger partial charge in [-0.05, 0) is 43.1 Å². The topological polar surface area (TPSA) is 46.6 Å². The Morgan fingerprint density at radius 2 is 1.24 bits per heavy atom. The average molecular weight is 542 g/mol. The zero-order valence-corrected chi connectivity index (χ0v) is 26.3. The van der Waals surface area contributed by atoms with Crippen molar-refractivity contribution in [2.24, 2.45) is 0 Å². The molecule has 0 bridgehead atoms. The fourth-order valence-corrected chi connectivity index (χ4v) is 5.79. The number of rotatable bonds is 19. The molecule has 0 radical (unpaired) electrons. The minimum Gasteiger partial charge on any atom is -0.414 e. The monoisotopic (exact) mass is 541 g/mol. The molecular weight excluding hydrogens is 486 g/mol. The maximum absolute atomic E-state index is 13.2. The SMILES string of the molecule is CCCCCCCCCCCCCCC/C=C\[C@H](CO[Si](C)(C)C(C)(C)C)N1C(=O)c2ccccc2C1=O. The number of carbonyl (C=O) groups is 2. The molecule has 1 atom stereocenters. The third-order valence-corrected chi connectivity index (χ3v) is 12.9. The van der Waals surface area contributed by atoms with E-state index in [1.165, 1.54) is 81.9 Å². The highest BCUT2D eigenvalue weighted by Crippen LogP contribution is 2.37. The summed E-state index contributed by atoms with van der Waals surface area (Å²) in [7, 11) is -2.02. The molecule has 1 heterocycles. The van der Waals surface area contributed by atoms with E-state index in [9.17, 15) is 9.59 Å². The number of nitrogens with zero attached hydrogens (tertiary/aromatic N) is 1. The first-order valence-corrected chi connectivity index (χ1v) is 18.3. The fraction of sp³-hybridized carbons (Fsp3) is 0.697. The first-order valence-electron chi connectivity index (χ1n) is 15.4. The molecule has 4 nitrogen and oxygen atoms in total. The zero-order valence-electron chi connectivity index (χ0n) is 25.3. The predicted octanol–water partition coefficient (Wildman–Crippen LogP) is 9.71. The summed E-state index contributed by atoms with van der Waals surface area (Å²) in [6.45, 7) is 13.7. The highest BCUT2D eigenvalue weighted by molar-refractivity contribution is 6.74. The molecule has 0 fully saturated rings. The predicted molar refractivity (Wildman–Crippen MR) is 163 cm³/mol. The molecule has 2 rings (SSSR count). The van der Waals surface area contributed by atoms with Crippen LogP contribution < -0.4 is 0 Å². The lowest BCUT2D eigenvalue weighted by Crippen LogP contribution is -2.47. The van der Waals surface area contributed by atoms with Crippen LogP contribution in [-0.2, 0) is 4.43 Å². The Morgan fingerprint density at radius 3 is 1.68 bits per heavy atom. The molecule has 1 aromatic rings. The molecule has 0 saturated heterocycles. The van der Waals surface area contributed by atoms with Crippen LogP contribution in [0.5, 0.6) is 0 Å². The molecule has 214 valence electrons. The number of imide groups is 1. The van der Waals surface area contributed by atoms with Gasteiger partial charge in [-0.25, -0.2) is 0 Å². The van der Waals surface area contributed by atoms with Crippen LogP contribution in [-0.4, -0.2) is 37.7 Å². The summed E-state index contributed by atoms with van der Waals surface area (Å²) >= 11 is 0. The van der Waals surface area contributed by atoms with Gasteiger partial charge < -0.3 is 4.43 Å². The maximum atomic E-state index is 13.2. The van der Waals surface area contributed by atoms with E-state index in [-0.39, 0.29) is 22.9 Å².